The molecule has 0 aromatic carbocycles. The Hall–Kier alpha value is -0.750. The summed E-state index contributed by atoms with van der Waals surface area (Å²) in [5.74, 6) is 0.688. The largest absolute Gasteiger partial charge is 0.310 e. The van der Waals surface area contributed by atoms with Crippen molar-refractivity contribution >= 4 is 22.7 Å². The molecule has 0 saturated carbocycles. The molecule has 2 rings (SSSR count). The minimum Gasteiger partial charge on any atom is -0.310 e. The summed E-state index contributed by atoms with van der Waals surface area (Å²) >= 11 is 3.60. The molecule has 2 aromatic heterocycles. The average Bonchev–Trinajstić information content (AvgIpc) is 3.08. The third-order valence-electron chi connectivity index (χ3n) is 3.18. The molecule has 0 aliphatic rings. The second-order valence-corrected chi connectivity index (χ2v) is 7.80. The third-order valence-corrected chi connectivity index (χ3v) is 5.01. The summed E-state index contributed by atoms with van der Waals surface area (Å²) in [6.07, 6.45) is 1.13. The molecular weight excluding hydrogens is 298 g/mol. The van der Waals surface area contributed by atoms with Crippen LogP contribution >= 0.6 is 22.7 Å². The first-order chi connectivity index (χ1) is 10.1. The van der Waals surface area contributed by atoms with Gasteiger partial charge in [0.1, 0.15) is 5.01 Å². The van der Waals surface area contributed by atoms with E-state index in [0.29, 0.717) is 5.92 Å². The Bertz CT molecular complexity index is 505. The van der Waals surface area contributed by atoms with E-state index in [1.54, 1.807) is 11.3 Å². The van der Waals surface area contributed by atoms with Crippen LogP contribution in [-0.2, 0) is 19.5 Å². The number of nitrogens with one attached hydrogen (secondary N) is 1. The second kappa shape index (κ2) is 8.63. The number of hydrogen-bond acceptors (Lipinski definition) is 5. The number of likely N-dealkylation sites (N-methyl/N-ethyl adjacent to an activating group) is 1. The molecule has 0 bridgehead atoms. The Labute approximate surface area is 136 Å². The Morgan fingerprint density at radius 2 is 2.19 bits per heavy atom. The molecular formula is C16H25N3S2. The molecule has 0 aliphatic carbocycles. The number of rotatable bonds is 9. The lowest BCUT2D eigenvalue weighted by atomic mass is 10.2. The molecule has 2 heterocycles. The van der Waals surface area contributed by atoms with E-state index in [-0.39, 0.29) is 0 Å². The maximum absolute atomic E-state index is 4.71. The fourth-order valence-corrected chi connectivity index (χ4v) is 3.53. The molecule has 1 N–H and O–H groups in total. The van der Waals surface area contributed by atoms with Gasteiger partial charge in [-0.3, -0.25) is 0 Å². The molecule has 0 atom stereocenters. The molecule has 116 valence electrons. The molecule has 21 heavy (non-hydrogen) atoms. The molecule has 0 unspecified atom stereocenters. The van der Waals surface area contributed by atoms with Crippen LogP contribution in [0.25, 0.3) is 0 Å². The Kier molecular flexibility index (Phi) is 6.83. The van der Waals surface area contributed by atoms with Gasteiger partial charge in [0, 0.05) is 29.9 Å². The van der Waals surface area contributed by atoms with Gasteiger partial charge in [0.15, 0.2) is 0 Å². The van der Waals surface area contributed by atoms with Crippen LogP contribution in [0.2, 0.25) is 0 Å². The highest BCUT2D eigenvalue weighted by molar-refractivity contribution is 7.10. The fourth-order valence-electron chi connectivity index (χ4n) is 2.08. The minimum atomic E-state index is 0.688. The number of hydrogen-bond donors (Lipinski definition) is 1. The molecule has 0 amide bonds. The lowest BCUT2D eigenvalue weighted by Gasteiger charge is -2.14. The lowest BCUT2D eigenvalue weighted by Crippen LogP contribution is -2.21. The van der Waals surface area contributed by atoms with Crippen molar-refractivity contribution < 1.29 is 0 Å². The zero-order valence-corrected chi connectivity index (χ0v) is 14.8. The number of thiophene rings is 1. The summed E-state index contributed by atoms with van der Waals surface area (Å²) in [7, 11) is 2.17. The smallest absolute Gasteiger partial charge is 0.107 e. The van der Waals surface area contributed by atoms with E-state index in [4.69, 9.17) is 4.98 Å². The van der Waals surface area contributed by atoms with Crippen molar-refractivity contribution in [3.63, 3.8) is 0 Å². The highest BCUT2D eigenvalue weighted by Crippen LogP contribution is 2.13. The van der Waals surface area contributed by atoms with Crippen LogP contribution < -0.4 is 5.32 Å². The second-order valence-electron chi connectivity index (χ2n) is 5.82. The van der Waals surface area contributed by atoms with Crippen LogP contribution in [0.4, 0.5) is 0 Å². The minimum absolute atomic E-state index is 0.688. The Balaban J connectivity index is 1.71. The van der Waals surface area contributed by atoms with Gasteiger partial charge in [0.05, 0.1) is 5.69 Å². The maximum atomic E-state index is 4.71. The quantitative estimate of drug-likeness (QED) is 0.764. The summed E-state index contributed by atoms with van der Waals surface area (Å²) in [4.78, 5) is 8.51. The van der Waals surface area contributed by atoms with Gasteiger partial charge in [-0.25, -0.2) is 4.98 Å². The van der Waals surface area contributed by atoms with Crippen LogP contribution in [0.15, 0.2) is 22.9 Å². The summed E-state index contributed by atoms with van der Waals surface area (Å²) in [6.45, 7) is 8.41. The lowest BCUT2D eigenvalue weighted by molar-refractivity contribution is 0.328. The third kappa shape index (κ3) is 6.26. The van der Waals surface area contributed by atoms with Crippen LogP contribution in [0.3, 0.4) is 0 Å². The summed E-state index contributed by atoms with van der Waals surface area (Å²) in [5.41, 5.74) is 1.19. The van der Waals surface area contributed by atoms with Gasteiger partial charge in [0.2, 0.25) is 0 Å². The predicted octanol–water partition coefficient (Wildman–Crippen LogP) is 3.62. The molecule has 0 aliphatic heterocycles. The highest BCUT2D eigenvalue weighted by Gasteiger charge is 2.06. The molecule has 0 fully saturated rings. The molecule has 0 saturated heterocycles. The molecule has 3 nitrogen and oxygen atoms in total. The van der Waals surface area contributed by atoms with Crippen molar-refractivity contribution in [2.45, 2.75) is 33.4 Å². The molecule has 2 aromatic rings. The van der Waals surface area contributed by atoms with E-state index in [2.05, 4.69) is 54.0 Å². The summed E-state index contributed by atoms with van der Waals surface area (Å²) in [6, 6.07) is 4.33. The summed E-state index contributed by atoms with van der Waals surface area (Å²) in [5, 5.41) is 8.97. The number of thiazole rings is 1. The van der Waals surface area contributed by atoms with E-state index in [9.17, 15) is 0 Å². The van der Waals surface area contributed by atoms with E-state index in [0.717, 1.165) is 32.6 Å². The fraction of sp³-hybridized carbons (Fsp3) is 0.562. The normalized spacial score (nSPS) is 11.7. The standard InChI is InChI=1S/C16H25N3S2/c1-13(2)9-17-10-16-18-14(12-21-16)11-19(3)7-6-15-5-4-8-20-15/h4-5,8,12-13,17H,6-7,9-11H2,1-3H3. The number of aromatic nitrogens is 1. The predicted molar refractivity (Wildman–Crippen MR) is 93.0 cm³/mol. The molecule has 0 spiro atoms. The van der Waals surface area contributed by atoms with Gasteiger partial charge in [-0.2, -0.15) is 0 Å². The van der Waals surface area contributed by atoms with Crippen LogP contribution in [0, 0.1) is 5.92 Å². The van der Waals surface area contributed by atoms with Gasteiger partial charge in [0.25, 0.3) is 0 Å². The van der Waals surface area contributed by atoms with Crippen LogP contribution in [0.5, 0.6) is 0 Å². The Morgan fingerprint density at radius 3 is 2.90 bits per heavy atom. The van der Waals surface area contributed by atoms with Crippen molar-refractivity contribution in [2.75, 3.05) is 20.1 Å². The van der Waals surface area contributed by atoms with Crippen molar-refractivity contribution in [3.8, 4) is 0 Å². The molecule has 0 radical (unpaired) electrons. The van der Waals surface area contributed by atoms with Crippen molar-refractivity contribution in [1.82, 2.24) is 15.2 Å². The first-order valence-electron chi connectivity index (χ1n) is 7.48. The zero-order valence-electron chi connectivity index (χ0n) is 13.1. The first-order valence-corrected chi connectivity index (χ1v) is 9.24. The zero-order chi connectivity index (χ0) is 15.1. The monoisotopic (exact) mass is 323 g/mol. The van der Waals surface area contributed by atoms with Crippen molar-refractivity contribution in [2.24, 2.45) is 5.92 Å². The van der Waals surface area contributed by atoms with Crippen LogP contribution in [-0.4, -0.2) is 30.0 Å². The SMILES string of the molecule is CC(C)CNCc1nc(CN(C)CCc2cccs2)cs1. The summed E-state index contributed by atoms with van der Waals surface area (Å²) < 4.78 is 0. The first kappa shape index (κ1) is 16.6. The van der Waals surface area contributed by atoms with Gasteiger partial charge < -0.3 is 10.2 Å². The topological polar surface area (TPSA) is 28.2 Å². The van der Waals surface area contributed by atoms with Gasteiger partial charge >= 0.3 is 0 Å². The number of nitrogens with zero attached hydrogens (tertiary/aromatic N) is 2. The Morgan fingerprint density at radius 1 is 1.33 bits per heavy atom. The van der Waals surface area contributed by atoms with Gasteiger partial charge in [-0.15, -0.1) is 22.7 Å². The molecule has 5 heteroatoms. The van der Waals surface area contributed by atoms with E-state index < -0.39 is 0 Å². The van der Waals surface area contributed by atoms with Crippen molar-refractivity contribution in [3.05, 3.63) is 38.5 Å². The van der Waals surface area contributed by atoms with Gasteiger partial charge in [-0.1, -0.05) is 19.9 Å². The van der Waals surface area contributed by atoms with E-state index in [1.807, 2.05) is 11.3 Å². The van der Waals surface area contributed by atoms with Gasteiger partial charge in [-0.05, 0) is 37.4 Å². The maximum Gasteiger partial charge on any atom is 0.107 e. The van der Waals surface area contributed by atoms with E-state index >= 15 is 0 Å². The van der Waals surface area contributed by atoms with Crippen molar-refractivity contribution in [1.29, 1.82) is 0 Å². The highest BCUT2D eigenvalue weighted by atomic mass is 32.1. The van der Waals surface area contributed by atoms with Crippen LogP contribution in [0.1, 0.15) is 29.4 Å². The average molecular weight is 324 g/mol. The van der Waals surface area contributed by atoms with E-state index in [1.165, 1.54) is 15.6 Å².